The fourth-order valence-electron chi connectivity index (χ4n) is 1.24. The van der Waals surface area contributed by atoms with Gasteiger partial charge in [-0.15, -0.1) is 11.3 Å². The van der Waals surface area contributed by atoms with Crippen LogP contribution >= 0.6 is 22.9 Å². The van der Waals surface area contributed by atoms with E-state index in [4.69, 9.17) is 16.9 Å². The van der Waals surface area contributed by atoms with Gasteiger partial charge in [-0.05, 0) is 18.2 Å². The fraction of sp³-hybridized carbons (Fsp3) is 0.0909. The Morgan fingerprint density at radius 1 is 1.50 bits per heavy atom. The molecular weight excluding hydrogens is 242 g/mol. The molecule has 0 amide bonds. The molecule has 80 valence electrons. The minimum absolute atomic E-state index is 0.551. The predicted molar refractivity (Wildman–Crippen MR) is 65.6 cm³/mol. The molecule has 0 aliphatic carbocycles. The third-order valence-electron chi connectivity index (χ3n) is 2.01. The lowest BCUT2D eigenvalue weighted by Crippen LogP contribution is -1.99. The summed E-state index contributed by atoms with van der Waals surface area (Å²) in [5.74, 6) is 0. The van der Waals surface area contributed by atoms with Crippen LogP contribution in [0.2, 0.25) is 5.02 Å². The van der Waals surface area contributed by atoms with Crippen LogP contribution in [0.3, 0.4) is 0 Å². The molecule has 5 heteroatoms. The lowest BCUT2D eigenvalue weighted by atomic mass is 10.2. The second-order valence-corrected chi connectivity index (χ2v) is 4.47. The number of aromatic nitrogens is 1. The first-order chi connectivity index (χ1) is 7.79. The molecule has 0 saturated carbocycles. The number of hydrogen-bond acceptors (Lipinski definition) is 4. The molecule has 0 atom stereocenters. The van der Waals surface area contributed by atoms with E-state index in [9.17, 15) is 0 Å². The standard InChI is InChI=1S/C11H8ClN3S/c12-9-5-8(6-13)1-2-10(9)15-7-11-14-3-4-16-11/h1-5,15H,7H2. The number of rotatable bonds is 3. The fourth-order valence-corrected chi connectivity index (χ4v) is 2.04. The van der Waals surface area contributed by atoms with Crippen LogP contribution < -0.4 is 5.32 Å². The highest BCUT2D eigenvalue weighted by atomic mass is 35.5. The molecule has 2 aromatic rings. The first-order valence-corrected chi connectivity index (χ1v) is 5.87. The van der Waals surface area contributed by atoms with E-state index in [-0.39, 0.29) is 0 Å². The van der Waals surface area contributed by atoms with E-state index in [1.54, 1.807) is 35.7 Å². The summed E-state index contributed by atoms with van der Waals surface area (Å²) in [6.45, 7) is 0.642. The number of nitrogens with one attached hydrogen (secondary N) is 1. The highest BCUT2D eigenvalue weighted by molar-refractivity contribution is 7.09. The second kappa shape index (κ2) is 4.97. The normalized spacial score (nSPS) is 9.75. The van der Waals surface area contributed by atoms with Gasteiger partial charge in [-0.25, -0.2) is 4.98 Å². The molecule has 16 heavy (non-hydrogen) atoms. The van der Waals surface area contributed by atoms with Gasteiger partial charge in [-0.1, -0.05) is 11.6 Å². The SMILES string of the molecule is N#Cc1ccc(NCc2nccs2)c(Cl)c1. The number of anilines is 1. The molecule has 1 aromatic carbocycles. The largest absolute Gasteiger partial charge is 0.377 e. The molecular formula is C11H8ClN3S. The van der Waals surface area contributed by atoms with Crippen molar-refractivity contribution in [3.63, 3.8) is 0 Å². The smallest absolute Gasteiger partial charge is 0.112 e. The molecule has 1 aromatic heterocycles. The molecule has 2 rings (SSSR count). The van der Waals surface area contributed by atoms with E-state index >= 15 is 0 Å². The third kappa shape index (κ3) is 2.51. The molecule has 0 radical (unpaired) electrons. The van der Waals surface area contributed by atoms with E-state index in [1.165, 1.54) is 0 Å². The average molecular weight is 250 g/mol. The second-order valence-electron chi connectivity index (χ2n) is 3.09. The number of thiazole rings is 1. The topological polar surface area (TPSA) is 48.7 Å². The highest BCUT2D eigenvalue weighted by Crippen LogP contribution is 2.23. The van der Waals surface area contributed by atoms with Crippen LogP contribution in [0, 0.1) is 11.3 Å². The maximum Gasteiger partial charge on any atom is 0.112 e. The number of benzene rings is 1. The van der Waals surface area contributed by atoms with E-state index in [2.05, 4.69) is 10.3 Å². The van der Waals surface area contributed by atoms with Crippen LogP contribution in [0.15, 0.2) is 29.8 Å². The lowest BCUT2D eigenvalue weighted by molar-refractivity contribution is 1.10. The van der Waals surface area contributed by atoms with Gasteiger partial charge < -0.3 is 5.32 Å². The van der Waals surface area contributed by atoms with E-state index < -0.39 is 0 Å². The average Bonchev–Trinajstić information content (AvgIpc) is 2.80. The molecule has 0 unspecified atom stereocenters. The van der Waals surface area contributed by atoms with Crippen molar-refractivity contribution in [2.75, 3.05) is 5.32 Å². The summed E-state index contributed by atoms with van der Waals surface area (Å²) in [4.78, 5) is 4.16. The van der Waals surface area contributed by atoms with Crippen molar-refractivity contribution in [1.82, 2.24) is 4.98 Å². The summed E-state index contributed by atoms with van der Waals surface area (Å²) < 4.78 is 0. The maximum absolute atomic E-state index is 8.70. The summed E-state index contributed by atoms with van der Waals surface area (Å²) in [6, 6.07) is 7.22. The number of halogens is 1. The molecule has 0 bridgehead atoms. The van der Waals surface area contributed by atoms with Gasteiger partial charge in [0.2, 0.25) is 0 Å². The Bertz CT molecular complexity index is 517. The Morgan fingerprint density at radius 2 is 2.38 bits per heavy atom. The van der Waals surface area contributed by atoms with Crippen molar-refractivity contribution in [3.05, 3.63) is 45.4 Å². The van der Waals surface area contributed by atoms with Gasteiger partial charge in [0.15, 0.2) is 0 Å². The summed E-state index contributed by atoms with van der Waals surface area (Å²) in [5.41, 5.74) is 1.38. The van der Waals surface area contributed by atoms with Gasteiger partial charge in [-0.2, -0.15) is 5.26 Å². The third-order valence-corrected chi connectivity index (χ3v) is 3.10. The zero-order valence-corrected chi connectivity index (χ0v) is 9.85. The Balaban J connectivity index is 2.08. The minimum atomic E-state index is 0.551. The Labute approximate surface area is 102 Å². The van der Waals surface area contributed by atoms with Gasteiger partial charge in [0.05, 0.1) is 28.9 Å². The van der Waals surface area contributed by atoms with Crippen molar-refractivity contribution < 1.29 is 0 Å². The van der Waals surface area contributed by atoms with Crippen molar-refractivity contribution in [2.24, 2.45) is 0 Å². The predicted octanol–water partition coefficient (Wildman–Crippen LogP) is 3.28. The van der Waals surface area contributed by atoms with Gasteiger partial charge in [0.1, 0.15) is 5.01 Å². The lowest BCUT2D eigenvalue weighted by Gasteiger charge is -2.06. The molecule has 0 fully saturated rings. The van der Waals surface area contributed by atoms with Crippen LogP contribution in [0.25, 0.3) is 0 Å². The minimum Gasteiger partial charge on any atom is -0.377 e. The zero-order chi connectivity index (χ0) is 11.4. The van der Waals surface area contributed by atoms with Gasteiger partial charge >= 0.3 is 0 Å². The highest BCUT2D eigenvalue weighted by Gasteiger charge is 2.02. The summed E-state index contributed by atoms with van der Waals surface area (Å²) in [6.07, 6.45) is 1.77. The van der Waals surface area contributed by atoms with Gasteiger partial charge in [0.25, 0.3) is 0 Å². The number of nitrogens with zero attached hydrogens (tertiary/aromatic N) is 2. The van der Waals surface area contributed by atoms with Crippen LogP contribution in [-0.4, -0.2) is 4.98 Å². The summed E-state index contributed by atoms with van der Waals surface area (Å²) in [7, 11) is 0. The van der Waals surface area contributed by atoms with Crippen LogP contribution in [-0.2, 0) is 6.54 Å². The van der Waals surface area contributed by atoms with Crippen molar-refractivity contribution in [2.45, 2.75) is 6.54 Å². The van der Waals surface area contributed by atoms with Crippen LogP contribution in [0.1, 0.15) is 10.6 Å². The summed E-state index contributed by atoms with van der Waals surface area (Å²) in [5, 5.41) is 15.3. The molecule has 0 saturated heterocycles. The number of hydrogen-bond donors (Lipinski definition) is 1. The van der Waals surface area contributed by atoms with Crippen molar-refractivity contribution in [3.8, 4) is 6.07 Å². The Hall–Kier alpha value is -1.57. The van der Waals surface area contributed by atoms with Crippen LogP contribution in [0.4, 0.5) is 5.69 Å². The Morgan fingerprint density at radius 3 is 3.00 bits per heavy atom. The molecule has 3 nitrogen and oxygen atoms in total. The number of nitriles is 1. The van der Waals surface area contributed by atoms with E-state index in [0.717, 1.165) is 10.7 Å². The zero-order valence-electron chi connectivity index (χ0n) is 8.27. The van der Waals surface area contributed by atoms with Crippen LogP contribution in [0.5, 0.6) is 0 Å². The van der Waals surface area contributed by atoms with Gasteiger partial charge in [0, 0.05) is 11.6 Å². The quantitative estimate of drug-likeness (QED) is 0.908. The van der Waals surface area contributed by atoms with E-state index in [0.29, 0.717) is 17.1 Å². The molecule has 0 aliphatic heterocycles. The molecule has 0 spiro atoms. The van der Waals surface area contributed by atoms with Crippen molar-refractivity contribution >= 4 is 28.6 Å². The Kier molecular flexibility index (Phi) is 3.40. The summed E-state index contributed by atoms with van der Waals surface area (Å²) >= 11 is 7.60. The molecule has 1 N–H and O–H groups in total. The molecule has 0 aliphatic rings. The molecule has 1 heterocycles. The first kappa shape index (κ1) is 10.9. The van der Waals surface area contributed by atoms with Gasteiger partial charge in [-0.3, -0.25) is 0 Å². The van der Waals surface area contributed by atoms with E-state index in [1.807, 2.05) is 11.4 Å². The monoisotopic (exact) mass is 249 g/mol. The first-order valence-electron chi connectivity index (χ1n) is 4.61. The van der Waals surface area contributed by atoms with Crippen molar-refractivity contribution in [1.29, 1.82) is 5.26 Å². The maximum atomic E-state index is 8.70.